The van der Waals surface area contributed by atoms with Crippen molar-refractivity contribution in [3.05, 3.63) is 69.2 Å². The van der Waals surface area contributed by atoms with Crippen molar-refractivity contribution in [1.29, 1.82) is 0 Å². The van der Waals surface area contributed by atoms with E-state index in [1.54, 1.807) is 6.07 Å². The molecule has 2 unspecified atom stereocenters. The average molecular weight is 567 g/mol. The van der Waals surface area contributed by atoms with E-state index in [4.69, 9.17) is 22.1 Å². The molecular formula is C33H43ClN2O4. The second kappa shape index (κ2) is 13.2. The highest BCUT2D eigenvalue weighted by molar-refractivity contribution is 6.34. The van der Waals surface area contributed by atoms with Crippen molar-refractivity contribution in [2.24, 2.45) is 11.7 Å². The van der Waals surface area contributed by atoms with E-state index in [1.165, 1.54) is 16.7 Å². The van der Waals surface area contributed by atoms with Crippen LogP contribution < -0.4 is 5.73 Å². The Hall–Kier alpha value is -2.86. The lowest BCUT2D eigenvalue weighted by molar-refractivity contribution is -0.123. The Morgan fingerprint density at radius 2 is 1.77 bits per heavy atom. The van der Waals surface area contributed by atoms with Gasteiger partial charge in [-0.15, -0.1) is 0 Å². The minimum absolute atomic E-state index is 0.205. The van der Waals surface area contributed by atoms with Gasteiger partial charge in [-0.05, 0) is 100 Å². The van der Waals surface area contributed by atoms with Crippen molar-refractivity contribution in [1.82, 2.24) is 4.90 Å². The lowest BCUT2D eigenvalue weighted by Crippen LogP contribution is -2.42. The molecule has 40 heavy (non-hydrogen) atoms. The molecule has 2 aromatic carbocycles. The monoisotopic (exact) mass is 566 g/mol. The topological polar surface area (TPSA) is 89.7 Å². The number of halogens is 1. The number of primary amides is 1. The molecule has 0 radical (unpaired) electrons. The van der Waals surface area contributed by atoms with Crippen molar-refractivity contribution in [2.45, 2.75) is 96.5 Å². The zero-order valence-electron chi connectivity index (χ0n) is 24.1. The average Bonchev–Trinajstić information content (AvgIpc) is 2.92. The van der Waals surface area contributed by atoms with Gasteiger partial charge >= 0.3 is 6.09 Å². The Bertz CT molecular complexity index is 1240. The fourth-order valence-electron chi connectivity index (χ4n) is 6.10. The van der Waals surface area contributed by atoms with Gasteiger partial charge in [0.25, 0.3) is 0 Å². The first kappa shape index (κ1) is 30.1. The summed E-state index contributed by atoms with van der Waals surface area (Å²) in [7, 11) is 0. The number of carbonyl (C=O) groups is 3. The van der Waals surface area contributed by atoms with Gasteiger partial charge in [0, 0.05) is 31.3 Å². The normalized spacial score (nSPS) is 20.8. The molecule has 0 spiro atoms. The molecule has 1 aliphatic carbocycles. The van der Waals surface area contributed by atoms with E-state index in [2.05, 4.69) is 18.2 Å². The van der Waals surface area contributed by atoms with Crippen LogP contribution in [0.1, 0.15) is 104 Å². The second-order valence-corrected chi connectivity index (χ2v) is 12.8. The summed E-state index contributed by atoms with van der Waals surface area (Å²) < 4.78 is 5.64. The number of Topliss-reactive ketones (excluding diaryl/α,β-unsaturated/α-hetero) is 1. The number of likely N-dealkylation sites (tertiary alicyclic amines) is 1. The van der Waals surface area contributed by atoms with Crippen molar-refractivity contribution in [3.63, 3.8) is 0 Å². The summed E-state index contributed by atoms with van der Waals surface area (Å²) in [6, 6.07) is 12.1. The van der Waals surface area contributed by atoms with Crippen molar-refractivity contribution < 1.29 is 19.1 Å². The van der Waals surface area contributed by atoms with E-state index in [1.807, 2.05) is 37.8 Å². The molecule has 2 aliphatic rings. The van der Waals surface area contributed by atoms with Gasteiger partial charge in [0.15, 0.2) is 0 Å². The number of carbonyl (C=O) groups excluding carboxylic acids is 3. The number of piperidine rings is 1. The Kier molecular flexibility index (Phi) is 9.94. The maximum Gasteiger partial charge on any atom is 0.410 e. The minimum Gasteiger partial charge on any atom is -0.444 e. The van der Waals surface area contributed by atoms with Gasteiger partial charge in [-0.2, -0.15) is 0 Å². The Morgan fingerprint density at radius 1 is 1.00 bits per heavy atom. The van der Waals surface area contributed by atoms with E-state index < -0.39 is 11.5 Å². The summed E-state index contributed by atoms with van der Waals surface area (Å²) in [6.45, 7) is 7.06. The van der Waals surface area contributed by atoms with E-state index in [9.17, 15) is 14.4 Å². The van der Waals surface area contributed by atoms with Gasteiger partial charge in [0.2, 0.25) is 5.91 Å². The molecule has 2 atom stereocenters. The molecule has 6 nitrogen and oxygen atoms in total. The summed E-state index contributed by atoms with van der Waals surface area (Å²) in [5.41, 5.74) is 10.1. The molecule has 216 valence electrons. The predicted octanol–water partition coefficient (Wildman–Crippen LogP) is 7.03. The highest BCUT2D eigenvalue weighted by Gasteiger charge is 2.29. The molecule has 1 saturated heterocycles. The Labute approximate surface area is 243 Å². The largest absolute Gasteiger partial charge is 0.444 e. The molecule has 4 rings (SSSR count). The summed E-state index contributed by atoms with van der Waals surface area (Å²) >= 11 is 6.31. The first-order valence-electron chi connectivity index (χ1n) is 14.7. The highest BCUT2D eigenvalue weighted by Crippen LogP contribution is 2.32. The van der Waals surface area contributed by atoms with E-state index >= 15 is 0 Å². The molecule has 0 saturated carbocycles. The molecule has 2 aromatic rings. The highest BCUT2D eigenvalue weighted by atomic mass is 35.5. The smallest absolute Gasteiger partial charge is 0.410 e. The van der Waals surface area contributed by atoms with E-state index in [0.29, 0.717) is 36.4 Å². The third-order valence-electron chi connectivity index (χ3n) is 8.17. The van der Waals surface area contributed by atoms with Gasteiger partial charge < -0.3 is 15.4 Å². The number of aryl methyl sites for hydroxylation is 2. The number of ether oxygens (including phenoxy) is 1. The maximum atomic E-state index is 13.3. The van der Waals surface area contributed by atoms with Gasteiger partial charge in [-0.3, -0.25) is 9.59 Å². The number of nitrogens with zero attached hydrogens (tertiary/aromatic N) is 1. The quantitative estimate of drug-likeness (QED) is 0.430. The number of benzene rings is 2. The van der Waals surface area contributed by atoms with Crippen LogP contribution in [-0.4, -0.2) is 41.4 Å². The van der Waals surface area contributed by atoms with Crippen LogP contribution >= 0.6 is 11.6 Å². The maximum absolute atomic E-state index is 13.3. The molecule has 2 N–H and O–H groups in total. The minimum atomic E-state index is -0.562. The summed E-state index contributed by atoms with van der Waals surface area (Å²) in [6.07, 6.45) is 8.18. The number of ketones is 1. The predicted molar refractivity (Wildman–Crippen MR) is 159 cm³/mol. The first-order chi connectivity index (χ1) is 19.0. The number of hydrogen-bond acceptors (Lipinski definition) is 4. The molecule has 0 bridgehead atoms. The van der Waals surface area contributed by atoms with Crippen molar-refractivity contribution in [2.75, 3.05) is 13.1 Å². The SMILES string of the molecule is CC(C)(C)OC(=O)N1CCCC(c2ccc3c(c2)CCC(Cc2cccc(Cl)c2C(N)=O)C(=O)CCCCC3)C1. The van der Waals surface area contributed by atoms with Gasteiger partial charge in [0.1, 0.15) is 11.4 Å². The standard InChI is InChI=1S/C33H43ClN2O4/c1-33(2,3)40-32(39)36-18-8-11-27(21-36)24-15-14-22-9-5-4-6-13-29(37)25(17-16-23(22)19-24)20-26-10-7-12-28(34)30(26)31(35)38/h7,10,12,14-15,19,25,27H,4-6,8-9,11,13,16-18,20-21H2,1-3H3,(H2,35,38). The Balaban J connectivity index is 1.55. The van der Waals surface area contributed by atoms with Crippen LogP contribution in [0.5, 0.6) is 0 Å². The van der Waals surface area contributed by atoms with Crippen LogP contribution in [0.2, 0.25) is 5.02 Å². The molecular weight excluding hydrogens is 524 g/mol. The van der Waals surface area contributed by atoms with Crippen LogP contribution in [0.4, 0.5) is 4.79 Å². The van der Waals surface area contributed by atoms with Gasteiger partial charge in [-0.25, -0.2) is 4.79 Å². The van der Waals surface area contributed by atoms with Crippen molar-refractivity contribution >= 4 is 29.4 Å². The van der Waals surface area contributed by atoms with Crippen molar-refractivity contribution in [3.8, 4) is 0 Å². The lowest BCUT2D eigenvalue weighted by Gasteiger charge is -2.34. The molecule has 7 heteroatoms. The molecule has 2 amide bonds. The zero-order valence-corrected chi connectivity index (χ0v) is 24.9. The fraction of sp³-hybridized carbons (Fsp3) is 0.545. The summed E-state index contributed by atoms with van der Waals surface area (Å²) in [4.78, 5) is 40.1. The van der Waals surface area contributed by atoms with E-state index in [-0.39, 0.29) is 23.7 Å². The van der Waals surface area contributed by atoms with Crippen LogP contribution in [0, 0.1) is 5.92 Å². The first-order valence-corrected chi connectivity index (χ1v) is 15.1. The Morgan fingerprint density at radius 3 is 2.52 bits per heavy atom. The van der Waals surface area contributed by atoms with Crippen LogP contribution in [-0.2, 0) is 28.8 Å². The van der Waals surface area contributed by atoms with Gasteiger partial charge in [0.05, 0.1) is 10.6 Å². The van der Waals surface area contributed by atoms with Crippen LogP contribution in [0.25, 0.3) is 0 Å². The molecule has 1 heterocycles. The number of fused-ring (bicyclic) bond motifs is 1. The second-order valence-electron chi connectivity index (χ2n) is 12.4. The fourth-order valence-corrected chi connectivity index (χ4v) is 6.39. The molecule has 0 aromatic heterocycles. The van der Waals surface area contributed by atoms with Crippen LogP contribution in [0.3, 0.4) is 0 Å². The van der Waals surface area contributed by atoms with E-state index in [0.717, 1.165) is 57.1 Å². The lowest BCUT2D eigenvalue weighted by atomic mass is 9.84. The number of hydrogen-bond donors (Lipinski definition) is 1. The molecule has 1 aliphatic heterocycles. The number of amides is 2. The third-order valence-corrected chi connectivity index (χ3v) is 8.49. The molecule has 1 fully saturated rings. The van der Waals surface area contributed by atoms with Crippen LogP contribution in [0.15, 0.2) is 36.4 Å². The summed E-state index contributed by atoms with van der Waals surface area (Å²) in [5.74, 6) is -0.266. The third kappa shape index (κ3) is 7.87. The van der Waals surface area contributed by atoms with Gasteiger partial charge in [-0.1, -0.05) is 48.4 Å². The number of nitrogens with two attached hydrogens (primary N) is 1. The zero-order chi connectivity index (χ0) is 28.9. The summed E-state index contributed by atoms with van der Waals surface area (Å²) in [5, 5.41) is 0.331. The number of rotatable bonds is 4.